The lowest BCUT2D eigenvalue weighted by atomic mass is 10.1. The van der Waals surface area contributed by atoms with E-state index in [0.717, 1.165) is 5.56 Å². The highest BCUT2D eigenvalue weighted by Gasteiger charge is 2.23. The van der Waals surface area contributed by atoms with Crippen LogP contribution in [0.4, 0.5) is 5.69 Å². The van der Waals surface area contributed by atoms with E-state index in [1.807, 2.05) is 13.8 Å². The van der Waals surface area contributed by atoms with Crippen molar-refractivity contribution in [2.75, 3.05) is 19.0 Å². The van der Waals surface area contributed by atoms with Gasteiger partial charge in [0.1, 0.15) is 5.75 Å². The Morgan fingerprint density at radius 1 is 1.00 bits per heavy atom. The zero-order chi connectivity index (χ0) is 24.2. The van der Waals surface area contributed by atoms with Gasteiger partial charge in [0.2, 0.25) is 10.0 Å². The molecule has 0 spiro atoms. The fourth-order valence-corrected chi connectivity index (χ4v) is 4.72. The Balaban J connectivity index is 1.88. The summed E-state index contributed by atoms with van der Waals surface area (Å²) in [6.45, 7) is 4.10. The van der Waals surface area contributed by atoms with Gasteiger partial charge in [-0.2, -0.15) is 4.31 Å². The van der Waals surface area contributed by atoms with E-state index in [9.17, 15) is 13.2 Å². The molecule has 0 aliphatic rings. The number of amides is 1. The van der Waals surface area contributed by atoms with Crippen molar-refractivity contribution < 1.29 is 17.9 Å². The summed E-state index contributed by atoms with van der Waals surface area (Å²) < 4.78 is 32.9. The lowest BCUT2D eigenvalue weighted by Gasteiger charge is -2.20. The van der Waals surface area contributed by atoms with Crippen LogP contribution in [0.15, 0.2) is 65.6 Å². The Bertz CT molecular complexity index is 1260. The molecule has 0 saturated heterocycles. The molecule has 0 aliphatic carbocycles. The summed E-state index contributed by atoms with van der Waals surface area (Å²) in [5.74, 6) is 0.183. The van der Waals surface area contributed by atoms with Crippen LogP contribution in [0.5, 0.6) is 5.75 Å². The predicted octanol–water partition coefficient (Wildman–Crippen LogP) is 5.77. The number of aryl methyl sites for hydroxylation is 1. The Morgan fingerprint density at radius 2 is 1.67 bits per heavy atom. The van der Waals surface area contributed by atoms with Crippen LogP contribution in [-0.2, 0) is 16.6 Å². The minimum Gasteiger partial charge on any atom is -0.494 e. The molecule has 6 nitrogen and oxygen atoms in total. The number of rotatable bonds is 8. The summed E-state index contributed by atoms with van der Waals surface area (Å²) in [6, 6.07) is 16.1. The molecule has 9 heteroatoms. The third-order valence-corrected chi connectivity index (χ3v) is 7.28. The van der Waals surface area contributed by atoms with Gasteiger partial charge in [-0.05, 0) is 80.1 Å². The second kappa shape index (κ2) is 10.6. The van der Waals surface area contributed by atoms with Crippen LogP contribution in [0.2, 0.25) is 10.0 Å². The van der Waals surface area contributed by atoms with Crippen molar-refractivity contribution in [3.05, 3.63) is 87.4 Å². The van der Waals surface area contributed by atoms with E-state index in [2.05, 4.69) is 5.32 Å². The first kappa shape index (κ1) is 25.1. The van der Waals surface area contributed by atoms with Gasteiger partial charge in [-0.15, -0.1) is 0 Å². The first-order chi connectivity index (χ1) is 15.6. The maximum atomic E-state index is 13.0. The molecule has 3 aromatic rings. The average Bonchev–Trinajstić information content (AvgIpc) is 2.77. The summed E-state index contributed by atoms with van der Waals surface area (Å²) in [4.78, 5) is 13.0. The molecule has 33 heavy (non-hydrogen) atoms. The molecular formula is C24H24Cl2N2O4S. The van der Waals surface area contributed by atoms with Crippen LogP contribution in [0.1, 0.15) is 28.4 Å². The molecule has 174 valence electrons. The highest BCUT2D eigenvalue weighted by Crippen LogP contribution is 2.26. The molecule has 0 bridgehead atoms. The van der Waals surface area contributed by atoms with Crippen molar-refractivity contribution >= 4 is 44.8 Å². The van der Waals surface area contributed by atoms with Gasteiger partial charge in [-0.3, -0.25) is 4.79 Å². The van der Waals surface area contributed by atoms with Gasteiger partial charge in [-0.1, -0.05) is 23.2 Å². The van der Waals surface area contributed by atoms with Gasteiger partial charge in [0, 0.05) is 40.5 Å². The van der Waals surface area contributed by atoms with Crippen LogP contribution in [-0.4, -0.2) is 32.3 Å². The molecule has 0 saturated carbocycles. The average molecular weight is 507 g/mol. The van der Waals surface area contributed by atoms with Gasteiger partial charge >= 0.3 is 0 Å². The summed E-state index contributed by atoms with van der Waals surface area (Å²) >= 11 is 11.9. The van der Waals surface area contributed by atoms with Gasteiger partial charge in [-0.25, -0.2) is 8.42 Å². The van der Waals surface area contributed by atoms with Crippen LogP contribution < -0.4 is 10.1 Å². The third-order valence-electron chi connectivity index (χ3n) is 4.97. The highest BCUT2D eigenvalue weighted by molar-refractivity contribution is 7.89. The molecule has 1 N–H and O–H groups in total. The lowest BCUT2D eigenvalue weighted by molar-refractivity contribution is 0.102. The fourth-order valence-electron chi connectivity index (χ4n) is 3.21. The Hall–Kier alpha value is -2.58. The number of halogens is 2. The fraction of sp³-hybridized carbons (Fsp3) is 0.208. The Morgan fingerprint density at radius 3 is 2.30 bits per heavy atom. The highest BCUT2D eigenvalue weighted by atomic mass is 35.5. The van der Waals surface area contributed by atoms with Gasteiger partial charge < -0.3 is 10.1 Å². The van der Waals surface area contributed by atoms with E-state index in [1.54, 1.807) is 36.4 Å². The first-order valence-corrected chi connectivity index (χ1v) is 12.4. The molecule has 3 rings (SSSR count). The first-order valence-electron chi connectivity index (χ1n) is 10.2. The minimum absolute atomic E-state index is 0.0153. The third kappa shape index (κ3) is 6.06. The Kier molecular flexibility index (Phi) is 8.02. The van der Waals surface area contributed by atoms with Crippen LogP contribution in [0.3, 0.4) is 0 Å². The Labute approximate surface area is 204 Å². The molecule has 0 fully saturated rings. The molecule has 0 atom stereocenters. The number of ether oxygens (including phenoxy) is 1. The molecule has 0 unspecified atom stereocenters. The second-order valence-corrected chi connectivity index (χ2v) is 10.3. The molecule has 0 aromatic heterocycles. The number of benzene rings is 3. The number of anilines is 1. The van der Waals surface area contributed by atoms with Crippen LogP contribution in [0.25, 0.3) is 0 Å². The van der Waals surface area contributed by atoms with Crippen molar-refractivity contribution in [1.82, 2.24) is 4.31 Å². The second-order valence-electron chi connectivity index (χ2n) is 7.38. The molecule has 0 aliphatic heterocycles. The van der Waals surface area contributed by atoms with E-state index in [0.29, 0.717) is 39.2 Å². The number of nitrogens with zero attached hydrogens (tertiary/aromatic N) is 1. The molecule has 0 radical (unpaired) electrons. The smallest absolute Gasteiger partial charge is 0.255 e. The van der Waals surface area contributed by atoms with E-state index in [1.165, 1.54) is 35.6 Å². The van der Waals surface area contributed by atoms with E-state index in [4.69, 9.17) is 27.9 Å². The number of sulfonamides is 1. The maximum absolute atomic E-state index is 13.0. The topological polar surface area (TPSA) is 75.7 Å². The molecule has 1 amide bonds. The number of carbonyl (C=O) groups is 1. The number of hydrogen-bond donors (Lipinski definition) is 1. The molecule has 3 aromatic carbocycles. The zero-order valence-corrected chi connectivity index (χ0v) is 20.8. The van der Waals surface area contributed by atoms with E-state index < -0.39 is 10.0 Å². The quantitative estimate of drug-likeness (QED) is 0.420. The van der Waals surface area contributed by atoms with Crippen molar-refractivity contribution in [2.24, 2.45) is 0 Å². The number of carbonyl (C=O) groups excluding carboxylic acids is 1. The molecular weight excluding hydrogens is 483 g/mol. The van der Waals surface area contributed by atoms with Crippen molar-refractivity contribution in [3.8, 4) is 5.75 Å². The standard InChI is InChI=1S/C24H24Cl2N2O4S/c1-4-32-23-12-5-17(24(29)27-22-11-8-20(26)13-16(22)2)14-18(23)15-28(3)33(30,31)21-9-6-19(25)7-10-21/h5-14H,4,15H2,1-3H3,(H,27,29). The number of hydrogen-bond acceptors (Lipinski definition) is 4. The largest absolute Gasteiger partial charge is 0.494 e. The van der Waals surface area contributed by atoms with Crippen LogP contribution >= 0.6 is 23.2 Å². The molecule has 0 heterocycles. The summed E-state index contributed by atoms with van der Waals surface area (Å²) in [6.07, 6.45) is 0. The summed E-state index contributed by atoms with van der Waals surface area (Å²) in [5, 5.41) is 3.90. The van der Waals surface area contributed by atoms with Crippen molar-refractivity contribution in [2.45, 2.75) is 25.3 Å². The monoisotopic (exact) mass is 506 g/mol. The predicted molar refractivity (Wildman–Crippen MR) is 132 cm³/mol. The maximum Gasteiger partial charge on any atom is 0.255 e. The van der Waals surface area contributed by atoms with Gasteiger partial charge in [0.05, 0.1) is 11.5 Å². The van der Waals surface area contributed by atoms with E-state index >= 15 is 0 Å². The summed E-state index contributed by atoms with van der Waals surface area (Å²) in [5.41, 5.74) is 2.41. The SMILES string of the molecule is CCOc1ccc(C(=O)Nc2ccc(Cl)cc2C)cc1CN(C)S(=O)(=O)c1ccc(Cl)cc1. The number of nitrogens with one attached hydrogen (secondary N) is 1. The van der Waals surface area contributed by atoms with Gasteiger partial charge in [0.15, 0.2) is 0 Å². The minimum atomic E-state index is -3.77. The zero-order valence-electron chi connectivity index (χ0n) is 18.4. The van der Waals surface area contributed by atoms with Crippen LogP contribution in [0, 0.1) is 6.92 Å². The normalized spacial score (nSPS) is 11.5. The van der Waals surface area contributed by atoms with E-state index in [-0.39, 0.29) is 17.3 Å². The van der Waals surface area contributed by atoms with Crippen molar-refractivity contribution in [3.63, 3.8) is 0 Å². The lowest BCUT2D eigenvalue weighted by Crippen LogP contribution is -2.27. The van der Waals surface area contributed by atoms with Crippen molar-refractivity contribution in [1.29, 1.82) is 0 Å². The summed E-state index contributed by atoms with van der Waals surface area (Å²) in [7, 11) is -2.30. The van der Waals surface area contributed by atoms with Gasteiger partial charge in [0.25, 0.3) is 5.91 Å².